The largest absolute Gasteiger partial charge is 0.493 e. The average molecular weight is 411 g/mol. The van der Waals surface area contributed by atoms with Crippen LogP contribution in [-0.2, 0) is 0 Å². The second-order valence-electron chi connectivity index (χ2n) is 6.79. The van der Waals surface area contributed by atoms with Crippen molar-refractivity contribution in [3.8, 4) is 18.0 Å². The van der Waals surface area contributed by atoms with Gasteiger partial charge in [0.1, 0.15) is 35.1 Å². The number of pyridine rings is 1. The van der Waals surface area contributed by atoms with Gasteiger partial charge in [-0.25, -0.2) is 9.98 Å². The van der Waals surface area contributed by atoms with Gasteiger partial charge in [-0.05, 0) is 24.1 Å². The van der Waals surface area contributed by atoms with E-state index in [0.717, 1.165) is 0 Å². The monoisotopic (exact) mass is 410 g/mol. The minimum Gasteiger partial charge on any atom is -0.493 e. The van der Waals surface area contributed by atoms with E-state index in [4.69, 9.17) is 33.1 Å². The SMILES string of the molecule is CC(C)COc1ccc(Cl)cc1C1N=C(NC#N)Nc2nc(N)c(C#N)c(N)c21. The minimum atomic E-state index is -0.719. The van der Waals surface area contributed by atoms with Crippen LogP contribution in [0.5, 0.6) is 5.75 Å². The van der Waals surface area contributed by atoms with Gasteiger partial charge in [0.05, 0.1) is 12.3 Å². The van der Waals surface area contributed by atoms with E-state index >= 15 is 0 Å². The Morgan fingerprint density at radius 1 is 1.34 bits per heavy atom. The van der Waals surface area contributed by atoms with Gasteiger partial charge in [0.25, 0.3) is 0 Å². The first kappa shape index (κ1) is 20.1. The lowest BCUT2D eigenvalue weighted by atomic mass is 9.94. The number of aliphatic imine (C=N–C) groups is 1. The summed E-state index contributed by atoms with van der Waals surface area (Å²) in [6.07, 6.45) is 1.81. The number of guanidine groups is 1. The molecule has 148 valence electrons. The van der Waals surface area contributed by atoms with Crippen LogP contribution < -0.4 is 26.8 Å². The molecule has 0 fully saturated rings. The fourth-order valence-corrected chi connectivity index (χ4v) is 3.11. The molecule has 6 N–H and O–H groups in total. The van der Waals surface area contributed by atoms with Crippen molar-refractivity contribution >= 4 is 34.9 Å². The molecule has 1 aliphatic rings. The highest BCUT2D eigenvalue weighted by atomic mass is 35.5. The Labute approximate surface area is 172 Å². The number of fused-ring (bicyclic) bond motifs is 1. The average Bonchev–Trinajstić information content (AvgIpc) is 2.66. The molecule has 1 aromatic heterocycles. The van der Waals surface area contributed by atoms with Crippen LogP contribution in [0.1, 0.15) is 36.6 Å². The van der Waals surface area contributed by atoms with Crippen LogP contribution in [-0.4, -0.2) is 17.6 Å². The van der Waals surface area contributed by atoms with Crippen LogP contribution in [0.4, 0.5) is 17.3 Å². The Morgan fingerprint density at radius 3 is 2.76 bits per heavy atom. The zero-order chi connectivity index (χ0) is 21.1. The van der Waals surface area contributed by atoms with Crippen molar-refractivity contribution in [2.24, 2.45) is 10.9 Å². The first-order valence-corrected chi connectivity index (χ1v) is 9.14. The normalized spacial score (nSPS) is 14.8. The summed E-state index contributed by atoms with van der Waals surface area (Å²) in [6.45, 7) is 4.55. The van der Waals surface area contributed by atoms with Gasteiger partial charge in [0.15, 0.2) is 6.19 Å². The zero-order valence-corrected chi connectivity index (χ0v) is 16.6. The second-order valence-corrected chi connectivity index (χ2v) is 7.23. The molecule has 3 rings (SSSR count). The van der Waals surface area contributed by atoms with Gasteiger partial charge in [0.2, 0.25) is 5.96 Å². The maximum Gasteiger partial charge on any atom is 0.211 e. The number of ether oxygens (including phenoxy) is 1. The number of nitrogen functional groups attached to an aromatic ring is 2. The summed E-state index contributed by atoms with van der Waals surface area (Å²) in [5, 5.41) is 24.3. The molecule has 10 heteroatoms. The van der Waals surface area contributed by atoms with E-state index < -0.39 is 6.04 Å². The third-order valence-electron chi connectivity index (χ3n) is 4.20. The number of halogens is 1. The van der Waals surface area contributed by atoms with Crippen LogP contribution in [0, 0.1) is 28.7 Å². The van der Waals surface area contributed by atoms with E-state index in [1.54, 1.807) is 18.2 Å². The molecule has 0 aliphatic carbocycles. The molecule has 2 heterocycles. The van der Waals surface area contributed by atoms with Gasteiger partial charge in [-0.3, -0.25) is 5.32 Å². The van der Waals surface area contributed by atoms with Crippen molar-refractivity contribution in [3.05, 3.63) is 39.9 Å². The number of nitrogens with zero attached hydrogens (tertiary/aromatic N) is 4. The molecular weight excluding hydrogens is 392 g/mol. The van der Waals surface area contributed by atoms with E-state index in [0.29, 0.717) is 40.2 Å². The Morgan fingerprint density at radius 2 is 2.10 bits per heavy atom. The van der Waals surface area contributed by atoms with Gasteiger partial charge < -0.3 is 21.5 Å². The molecular formula is C19H19ClN8O. The molecule has 1 aliphatic heterocycles. The third kappa shape index (κ3) is 3.96. The van der Waals surface area contributed by atoms with Crippen LogP contribution >= 0.6 is 11.6 Å². The highest BCUT2D eigenvalue weighted by molar-refractivity contribution is 6.30. The fraction of sp³-hybridized carbons (Fsp3) is 0.263. The maximum atomic E-state index is 9.43. The Kier molecular flexibility index (Phi) is 5.62. The molecule has 0 radical (unpaired) electrons. The number of anilines is 3. The predicted molar refractivity (Wildman–Crippen MR) is 111 cm³/mol. The van der Waals surface area contributed by atoms with Crippen LogP contribution in [0.25, 0.3) is 0 Å². The highest BCUT2D eigenvalue weighted by Crippen LogP contribution is 2.43. The van der Waals surface area contributed by atoms with Crippen molar-refractivity contribution in [1.29, 1.82) is 10.5 Å². The number of nitriles is 2. The first-order chi connectivity index (χ1) is 13.8. The summed E-state index contributed by atoms with van der Waals surface area (Å²) in [7, 11) is 0. The van der Waals surface area contributed by atoms with Crippen LogP contribution in [0.3, 0.4) is 0 Å². The standard InChI is InChI=1S/C19H19ClN8O/c1-9(2)7-29-13-4-3-10(20)5-11(13)16-14-15(23)12(6-21)17(24)27-18(14)28-19(26-16)25-8-22/h3-5,9,16H,7H2,1-2H3,(H6,23,24,25,26,27,28). The number of hydrogen-bond donors (Lipinski definition) is 4. The maximum absolute atomic E-state index is 9.43. The van der Waals surface area contributed by atoms with Crippen molar-refractivity contribution in [1.82, 2.24) is 10.3 Å². The van der Waals surface area contributed by atoms with Gasteiger partial charge >= 0.3 is 0 Å². The first-order valence-electron chi connectivity index (χ1n) is 8.76. The van der Waals surface area contributed by atoms with Crippen molar-refractivity contribution in [2.45, 2.75) is 19.9 Å². The van der Waals surface area contributed by atoms with E-state index in [1.165, 1.54) is 0 Å². The molecule has 0 saturated carbocycles. The lowest BCUT2D eigenvalue weighted by Crippen LogP contribution is -2.33. The molecule has 0 amide bonds. The molecule has 29 heavy (non-hydrogen) atoms. The molecule has 0 spiro atoms. The fourth-order valence-electron chi connectivity index (χ4n) is 2.93. The number of nitrogens with one attached hydrogen (secondary N) is 2. The smallest absolute Gasteiger partial charge is 0.211 e. The summed E-state index contributed by atoms with van der Waals surface area (Å²) in [4.78, 5) is 8.78. The second kappa shape index (κ2) is 8.13. The molecule has 2 aromatic rings. The molecule has 1 atom stereocenters. The Balaban J connectivity index is 2.23. The Bertz CT molecular complexity index is 1070. The van der Waals surface area contributed by atoms with Crippen molar-refractivity contribution in [2.75, 3.05) is 23.4 Å². The lowest BCUT2D eigenvalue weighted by molar-refractivity contribution is 0.268. The number of nitrogens with two attached hydrogens (primary N) is 2. The lowest BCUT2D eigenvalue weighted by Gasteiger charge is -2.27. The van der Waals surface area contributed by atoms with Crippen LogP contribution in [0.2, 0.25) is 5.02 Å². The minimum absolute atomic E-state index is 0.0180. The predicted octanol–water partition coefficient (Wildman–Crippen LogP) is 2.75. The van der Waals surface area contributed by atoms with Gasteiger partial charge in [-0.2, -0.15) is 10.5 Å². The Hall–Kier alpha value is -3.69. The molecule has 0 bridgehead atoms. The summed E-state index contributed by atoms with van der Waals surface area (Å²) >= 11 is 6.24. The van der Waals surface area contributed by atoms with E-state index in [9.17, 15) is 5.26 Å². The van der Waals surface area contributed by atoms with E-state index in [2.05, 4.69) is 20.6 Å². The van der Waals surface area contributed by atoms with E-state index in [1.807, 2.05) is 26.1 Å². The summed E-state index contributed by atoms with van der Waals surface area (Å²) < 4.78 is 5.95. The van der Waals surface area contributed by atoms with Gasteiger partial charge in [0, 0.05) is 16.1 Å². The molecule has 1 unspecified atom stereocenters. The topological polar surface area (TPSA) is 158 Å². The summed E-state index contributed by atoms with van der Waals surface area (Å²) in [5.41, 5.74) is 13.4. The highest BCUT2D eigenvalue weighted by Gasteiger charge is 2.31. The van der Waals surface area contributed by atoms with Crippen molar-refractivity contribution < 1.29 is 4.74 Å². The van der Waals surface area contributed by atoms with Gasteiger partial charge in [-0.15, -0.1) is 0 Å². The molecule has 0 saturated heterocycles. The third-order valence-corrected chi connectivity index (χ3v) is 4.43. The van der Waals surface area contributed by atoms with Crippen LogP contribution in [0.15, 0.2) is 23.2 Å². The number of benzene rings is 1. The molecule has 9 nitrogen and oxygen atoms in total. The summed E-state index contributed by atoms with van der Waals surface area (Å²) in [6, 6.07) is 6.43. The van der Waals surface area contributed by atoms with E-state index in [-0.39, 0.29) is 23.0 Å². The number of aromatic nitrogens is 1. The quantitative estimate of drug-likeness (QED) is 0.442. The summed E-state index contributed by atoms with van der Waals surface area (Å²) in [5.74, 6) is 1.31. The number of rotatable bonds is 4. The van der Waals surface area contributed by atoms with Crippen molar-refractivity contribution in [3.63, 3.8) is 0 Å². The zero-order valence-electron chi connectivity index (χ0n) is 15.8. The number of hydrogen-bond acceptors (Lipinski definition) is 9. The van der Waals surface area contributed by atoms with Gasteiger partial charge in [-0.1, -0.05) is 25.4 Å². The molecule has 1 aromatic carbocycles.